The lowest BCUT2D eigenvalue weighted by Crippen LogP contribution is -2.37. The summed E-state index contributed by atoms with van der Waals surface area (Å²) in [6, 6.07) is 8.56. The SMILES string of the molecule is CN1C=Cc2ccccc2C1(C)C. The molecule has 0 saturated carbocycles. The molecule has 1 aromatic carbocycles. The number of hydrogen-bond donors (Lipinski definition) is 0. The lowest BCUT2D eigenvalue weighted by molar-refractivity contribution is 0.225. The minimum atomic E-state index is 0.116. The molecule has 0 fully saturated rings. The zero-order chi connectivity index (χ0) is 9.47. The van der Waals surface area contributed by atoms with Crippen molar-refractivity contribution >= 4 is 6.08 Å². The van der Waals surface area contributed by atoms with Crippen LogP contribution in [0.25, 0.3) is 6.08 Å². The predicted molar refractivity (Wildman–Crippen MR) is 56.3 cm³/mol. The molecule has 0 atom stereocenters. The fourth-order valence-corrected chi connectivity index (χ4v) is 1.77. The first-order chi connectivity index (χ1) is 6.12. The Hall–Kier alpha value is -1.24. The van der Waals surface area contributed by atoms with Crippen molar-refractivity contribution in [1.29, 1.82) is 0 Å². The van der Waals surface area contributed by atoms with Crippen LogP contribution < -0.4 is 0 Å². The maximum atomic E-state index is 2.25. The minimum absolute atomic E-state index is 0.116. The highest BCUT2D eigenvalue weighted by atomic mass is 15.1. The summed E-state index contributed by atoms with van der Waals surface area (Å²) in [5, 5.41) is 0. The Bertz CT molecular complexity index is 350. The summed E-state index contributed by atoms with van der Waals surface area (Å²) < 4.78 is 0. The van der Waals surface area contributed by atoms with E-state index < -0.39 is 0 Å². The number of benzene rings is 1. The monoisotopic (exact) mass is 173 g/mol. The van der Waals surface area contributed by atoms with E-state index in [2.05, 4.69) is 62.3 Å². The Morgan fingerprint density at radius 1 is 1.15 bits per heavy atom. The Labute approximate surface area is 79.7 Å². The second-order valence-electron chi connectivity index (χ2n) is 4.07. The first-order valence-electron chi connectivity index (χ1n) is 4.63. The second-order valence-corrected chi connectivity index (χ2v) is 4.07. The molecule has 1 aliphatic rings. The lowest BCUT2D eigenvalue weighted by atomic mass is 9.86. The third kappa shape index (κ3) is 1.15. The average Bonchev–Trinajstić information content (AvgIpc) is 2.13. The van der Waals surface area contributed by atoms with E-state index in [9.17, 15) is 0 Å². The van der Waals surface area contributed by atoms with Gasteiger partial charge in [0.15, 0.2) is 0 Å². The molecule has 13 heavy (non-hydrogen) atoms. The summed E-state index contributed by atoms with van der Waals surface area (Å²) in [4.78, 5) is 2.25. The Balaban J connectivity index is 2.61. The molecule has 68 valence electrons. The third-order valence-electron chi connectivity index (χ3n) is 2.98. The van der Waals surface area contributed by atoms with Crippen molar-refractivity contribution in [1.82, 2.24) is 4.90 Å². The van der Waals surface area contributed by atoms with Crippen LogP contribution in [0, 0.1) is 0 Å². The summed E-state index contributed by atoms with van der Waals surface area (Å²) in [6.45, 7) is 4.49. The summed E-state index contributed by atoms with van der Waals surface area (Å²) in [6.07, 6.45) is 4.31. The van der Waals surface area contributed by atoms with Crippen LogP contribution in [-0.4, -0.2) is 11.9 Å². The van der Waals surface area contributed by atoms with Crippen molar-refractivity contribution in [2.24, 2.45) is 0 Å². The molecule has 1 heteroatoms. The van der Waals surface area contributed by atoms with Crippen LogP contribution in [0.2, 0.25) is 0 Å². The highest BCUT2D eigenvalue weighted by Gasteiger charge is 2.27. The van der Waals surface area contributed by atoms with Crippen molar-refractivity contribution < 1.29 is 0 Å². The van der Waals surface area contributed by atoms with Crippen molar-refractivity contribution in [3.63, 3.8) is 0 Å². The smallest absolute Gasteiger partial charge is 0.0594 e. The third-order valence-corrected chi connectivity index (χ3v) is 2.98. The average molecular weight is 173 g/mol. The van der Waals surface area contributed by atoms with E-state index in [1.165, 1.54) is 11.1 Å². The van der Waals surface area contributed by atoms with Gasteiger partial charge in [0.1, 0.15) is 0 Å². The Morgan fingerprint density at radius 3 is 2.62 bits per heavy atom. The highest BCUT2D eigenvalue weighted by molar-refractivity contribution is 5.58. The maximum Gasteiger partial charge on any atom is 0.0594 e. The van der Waals surface area contributed by atoms with E-state index >= 15 is 0 Å². The maximum absolute atomic E-state index is 2.25. The van der Waals surface area contributed by atoms with E-state index in [4.69, 9.17) is 0 Å². The molecule has 0 radical (unpaired) electrons. The second kappa shape index (κ2) is 2.63. The van der Waals surface area contributed by atoms with E-state index in [0.717, 1.165) is 0 Å². The van der Waals surface area contributed by atoms with Crippen LogP contribution in [-0.2, 0) is 5.54 Å². The van der Waals surface area contributed by atoms with Gasteiger partial charge in [-0.1, -0.05) is 24.3 Å². The van der Waals surface area contributed by atoms with Crippen LogP contribution in [0.5, 0.6) is 0 Å². The van der Waals surface area contributed by atoms with Crippen molar-refractivity contribution in [3.05, 3.63) is 41.6 Å². The van der Waals surface area contributed by atoms with Gasteiger partial charge in [-0.05, 0) is 31.1 Å². The first kappa shape index (κ1) is 8.36. The quantitative estimate of drug-likeness (QED) is 0.583. The minimum Gasteiger partial charge on any atom is -0.371 e. The van der Waals surface area contributed by atoms with Gasteiger partial charge in [0, 0.05) is 13.2 Å². The van der Waals surface area contributed by atoms with Gasteiger partial charge in [-0.2, -0.15) is 0 Å². The van der Waals surface area contributed by atoms with E-state index in [-0.39, 0.29) is 5.54 Å². The summed E-state index contributed by atoms with van der Waals surface area (Å²) in [7, 11) is 2.12. The molecule has 0 aliphatic carbocycles. The zero-order valence-corrected chi connectivity index (χ0v) is 8.41. The predicted octanol–water partition coefficient (Wildman–Crippen LogP) is 2.84. The van der Waals surface area contributed by atoms with Gasteiger partial charge in [0.25, 0.3) is 0 Å². The van der Waals surface area contributed by atoms with E-state index in [1.807, 2.05) is 0 Å². The summed E-state index contributed by atoms with van der Waals surface area (Å²) >= 11 is 0. The molecule has 1 heterocycles. The van der Waals surface area contributed by atoms with Crippen molar-refractivity contribution in [2.45, 2.75) is 19.4 Å². The lowest BCUT2D eigenvalue weighted by Gasteiger charge is -2.39. The Morgan fingerprint density at radius 2 is 1.85 bits per heavy atom. The molecule has 0 N–H and O–H groups in total. The number of nitrogens with zero attached hydrogens (tertiary/aromatic N) is 1. The Kier molecular flexibility index (Phi) is 1.69. The van der Waals surface area contributed by atoms with Crippen molar-refractivity contribution in [3.8, 4) is 0 Å². The molecular formula is C12H15N. The summed E-state index contributed by atoms with van der Waals surface area (Å²) in [5.74, 6) is 0. The topological polar surface area (TPSA) is 3.24 Å². The van der Waals surface area contributed by atoms with Gasteiger partial charge in [-0.15, -0.1) is 0 Å². The highest BCUT2D eigenvalue weighted by Crippen LogP contribution is 2.33. The molecule has 0 saturated heterocycles. The van der Waals surface area contributed by atoms with Crippen LogP contribution in [0.4, 0.5) is 0 Å². The van der Waals surface area contributed by atoms with Crippen LogP contribution in [0.1, 0.15) is 25.0 Å². The van der Waals surface area contributed by atoms with Crippen molar-refractivity contribution in [2.75, 3.05) is 7.05 Å². The van der Waals surface area contributed by atoms with Crippen LogP contribution in [0.3, 0.4) is 0 Å². The van der Waals surface area contributed by atoms with Gasteiger partial charge in [-0.25, -0.2) is 0 Å². The molecule has 0 spiro atoms. The molecule has 0 unspecified atom stereocenters. The molecular weight excluding hydrogens is 158 g/mol. The largest absolute Gasteiger partial charge is 0.371 e. The summed E-state index contributed by atoms with van der Waals surface area (Å²) in [5.41, 5.74) is 2.86. The number of hydrogen-bond acceptors (Lipinski definition) is 1. The number of fused-ring (bicyclic) bond motifs is 1. The molecule has 0 amide bonds. The van der Waals surface area contributed by atoms with Gasteiger partial charge in [0.2, 0.25) is 0 Å². The van der Waals surface area contributed by atoms with E-state index in [0.29, 0.717) is 0 Å². The van der Waals surface area contributed by atoms with Gasteiger partial charge in [-0.3, -0.25) is 0 Å². The first-order valence-corrected chi connectivity index (χ1v) is 4.63. The molecule has 0 aromatic heterocycles. The van der Waals surface area contributed by atoms with Crippen LogP contribution in [0.15, 0.2) is 30.5 Å². The molecule has 1 aromatic rings. The van der Waals surface area contributed by atoms with Gasteiger partial charge in [0.05, 0.1) is 5.54 Å². The standard InChI is InChI=1S/C12H15N/c1-12(2)11-7-5-4-6-10(11)8-9-13(12)3/h4-9H,1-3H3. The fraction of sp³-hybridized carbons (Fsp3) is 0.333. The van der Waals surface area contributed by atoms with Crippen LogP contribution >= 0.6 is 0 Å². The molecule has 2 rings (SSSR count). The number of rotatable bonds is 0. The van der Waals surface area contributed by atoms with E-state index in [1.54, 1.807) is 0 Å². The van der Waals surface area contributed by atoms with Gasteiger partial charge < -0.3 is 4.90 Å². The molecule has 0 bridgehead atoms. The molecule has 1 aliphatic heterocycles. The van der Waals surface area contributed by atoms with Gasteiger partial charge >= 0.3 is 0 Å². The normalized spacial score (nSPS) is 18.5. The molecule has 1 nitrogen and oxygen atoms in total. The fourth-order valence-electron chi connectivity index (χ4n) is 1.77. The zero-order valence-electron chi connectivity index (χ0n) is 8.41.